The number of carbonyl (C=O) groups is 1. The Hall–Kier alpha value is -0.420. The molecule has 0 bridgehead atoms. The van der Waals surface area contributed by atoms with Crippen molar-refractivity contribution in [2.24, 2.45) is 0 Å². The SMILES string of the molecule is CCC(OC)(C(=O)OC)P(=O)(O)O. The average molecular weight is 212 g/mol. The van der Waals surface area contributed by atoms with Gasteiger partial charge in [0.2, 0.25) is 0 Å². The van der Waals surface area contributed by atoms with E-state index in [9.17, 15) is 9.36 Å². The Morgan fingerprint density at radius 3 is 2.00 bits per heavy atom. The van der Waals surface area contributed by atoms with Crippen molar-refractivity contribution < 1.29 is 28.6 Å². The number of methoxy groups -OCH3 is 2. The molecule has 13 heavy (non-hydrogen) atoms. The van der Waals surface area contributed by atoms with E-state index >= 15 is 0 Å². The normalized spacial score (nSPS) is 16.4. The predicted molar refractivity (Wildman–Crippen MR) is 44.1 cm³/mol. The van der Waals surface area contributed by atoms with Gasteiger partial charge in [-0.05, 0) is 6.42 Å². The summed E-state index contributed by atoms with van der Waals surface area (Å²) in [5.41, 5.74) is 0. The molecular weight excluding hydrogens is 199 g/mol. The van der Waals surface area contributed by atoms with Gasteiger partial charge in [-0.25, -0.2) is 4.79 Å². The van der Waals surface area contributed by atoms with E-state index in [1.54, 1.807) is 0 Å². The van der Waals surface area contributed by atoms with E-state index in [-0.39, 0.29) is 6.42 Å². The Morgan fingerprint density at radius 2 is 1.92 bits per heavy atom. The lowest BCUT2D eigenvalue weighted by Gasteiger charge is -2.28. The summed E-state index contributed by atoms with van der Waals surface area (Å²) in [5, 5.41) is -2.16. The summed E-state index contributed by atoms with van der Waals surface area (Å²) in [7, 11) is -2.58. The van der Waals surface area contributed by atoms with Crippen molar-refractivity contribution >= 4 is 13.6 Å². The van der Waals surface area contributed by atoms with Gasteiger partial charge in [-0.1, -0.05) is 6.92 Å². The molecule has 78 valence electrons. The molecule has 0 aromatic heterocycles. The van der Waals surface area contributed by atoms with Crippen molar-refractivity contribution in [3.63, 3.8) is 0 Å². The molecule has 0 radical (unpaired) electrons. The summed E-state index contributed by atoms with van der Waals surface area (Å²) in [6.45, 7) is 1.43. The van der Waals surface area contributed by atoms with Gasteiger partial charge in [0, 0.05) is 7.11 Å². The Morgan fingerprint density at radius 1 is 1.46 bits per heavy atom. The van der Waals surface area contributed by atoms with Gasteiger partial charge in [-0.15, -0.1) is 0 Å². The summed E-state index contributed by atoms with van der Waals surface area (Å²) in [4.78, 5) is 28.9. The molecule has 0 aliphatic heterocycles. The van der Waals surface area contributed by atoms with Crippen LogP contribution in [-0.4, -0.2) is 35.3 Å². The second kappa shape index (κ2) is 4.19. The molecule has 0 rings (SSSR count). The van der Waals surface area contributed by atoms with E-state index in [4.69, 9.17) is 9.79 Å². The maximum atomic E-state index is 11.1. The van der Waals surface area contributed by atoms with Crippen LogP contribution in [0.5, 0.6) is 0 Å². The summed E-state index contributed by atoms with van der Waals surface area (Å²) >= 11 is 0. The lowest BCUT2D eigenvalue weighted by atomic mass is 10.3. The topological polar surface area (TPSA) is 93.1 Å². The molecular formula is C6H13O6P. The molecule has 6 nitrogen and oxygen atoms in total. The Bertz CT molecular complexity index is 227. The number of ether oxygens (including phenoxy) is 2. The molecule has 0 fully saturated rings. The second-order valence-electron chi connectivity index (χ2n) is 2.38. The fraction of sp³-hybridized carbons (Fsp3) is 0.833. The molecule has 0 saturated heterocycles. The van der Waals surface area contributed by atoms with Gasteiger partial charge in [0.05, 0.1) is 7.11 Å². The van der Waals surface area contributed by atoms with Crippen LogP contribution in [0.3, 0.4) is 0 Å². The van der Waals surface area contributed by atoms with E-state index < -0.39 is 18.9 Å². The molecule has 0 heterocycles. The van der Waals surface area contributed by atoms with Crippen LogP contribution in [0.25, 0.3) is 0 Å². The van der Waals surface area contributed by atoms with Crippen LogP contribution < -0.4 is 0 Å². The van der Waals surface area contributed by atoms with Gasteiger partial charge in [0.15, 0.2) is 0 Å². The fourth-order valence-corrected chi connectivity index (χ4v) is 1.95. The van der Waals surface area contributed by atoms with Crippen molar-refractivity contribution in [1.82, 2.24) is 0 Å². The zero-order chi connectivity index (χ0) is 10.7. The maximum Gasteiger partial charge on any atom is 0.368 e. The molecule has 0 spiro atoms. The third-order valence-electron chi connectivity index (χ3n) is 1.79. The Labute approximate surface area is 76.0 Å². The largest absolute Gasteiger partial charge is 0.466 e. The van der Waals surface area contributed by atoms with E-state index in [1.165, 1.54) is 6.92 Å². The second-order valence-corrected chi connectivity index (χ2v) is 4.19. The zero-order valence-corrected chi connectivity index (χ0v) is 8.58. The minimum absolute atomic E-state index is 0.152. The third-order valence-corrected chi connectivity index (χ3v) is 3.41. The van der Waals surface area contributed by atoms with Crippen LogP contribution in [0.1, 0.15) is 13.3 Å². The van der Waals surface area contributed by atoms with Gasteiger partial charge in [-0.3, -0.25) is 4.57 Å². The molecule has 0 aliphatic rings. The minimum Gasteiger partial charge on any atom is -0.466 e. The van der Waals surface area contributed by atoms with Crippen molar-refractivity contribution in [1.29, 1.82) is 0 Å². The molecule has 0 amide bonds. The maximum absolute atomic E-state index is 11.1. The molecule has 7 heteroatoms. The summed E-state index contributed by atoms with van der Waals surface area (Å²) in [6.07, 6.45) is -0.152. The number of rotatable bonds is 4. The van der Waals surface area contributed by atoms with E-state index in [2.05, 4.69) is 9.47 Å². The first kappa shape index (κ1) is 12.6. The van der Waals surface area contributed by atoms with Crippen LogP contribution in [0.4, 0.5) is 0 Å². The zero-order valence-electron chi connectivity index (χ0n) is 7.68. The first-order valence-corrected chi connectivity index (χ1v) is 5.16. The highest BCUT2D eigenvalue weighted by Crippen LogP contribution is 2.53. The van der Waals surface area contributed by atoms with Crippen LogP contribution in [0.2, 0.25) is 0 Å². The molecule has 1 atom stereocenters. The monoisotopic (exact) mass is 212 g/mol. The molecule has 0 aliphatic carbocycles. The van der Waals surface area contributed by atoms with E-state index in [0.717, 1.165) is 14.2 Å². The smallest absolute Gasteiger partial charge is 0.368 e. The van der Waals surface area contributed by atoms with Crippen molar-refractivity contribution in [3.8, 4) is 0 Å². The summed E-state index contributed by atoms with van der Waals surface area (Å²) in [6, 6.07) is 0. The predicted octanol–water partition coefficient (Wildman–Crippen LogP) is 0.0898. The lowest BCUT2D eigenvalue weighted by Crippen LogP contribution is -2.40. The first-order valence-electron chi connectivity index (χ1n) is 3.55. The van der Waals surface area contributed by atoms with E-state index in [0.29, 0.717) is 0 Å². The Balaban J connectivity index is 5.16. The van der Waals surface area contributed by atoms with Gasteiger partial charge < -0.3 is 19.3 Å². The average Bonchev–Trinajstić information content (AvgIpc) is 2.04. The third kappa shape index (κ3) is 2.08. The van der Waals surface area contributed by atoms with Crippen molar-refractivity contribution in [2.75, 3.05) is 14.2 Å². The van der Waals surface area contributed by atoms with Gasteiger partial charge >= 0.3 is 13.6 Å². The van der Waals surface area contributed by atoms with Crippen molar-refractivity contribution in [2.45, 2.75) is 18.7 Å². The molecule has 0 aromatic carbocycles. The van der Waals surface area contributed by atoms with Crippen LogP contribution in [0.15, 0.2) is 0 Å². The van der Waals surface area contributed by atoms with Gasteiger partial charge in [0.25, 0.3) is 5.34 Å². The van der Waals surface area contributed by atoms with Gasteiger partial charge in [0.1, 0.15) is 0 Å². The number of esters is 1. The highest BCUT2D eigenvalue weighted by molar-refractivity contribution is 7.54. The first-order chi connectivity index (χ1) is 5.85. The minimum atomic E-state index is -4.68. The van der Waals surface area contributed by atoms with Crippen LogP contribution in [0, 0.1) is 0 Å². The highest BCUT2D eigenvalue weighted by atomic mass is 31.2. The van der Waals surface area contributed by atoms with E-state index in [1.807, 2.05) is 0 Å². The number of hydrogen-bond acceptors (Lipinski definition) is 4. The molecule has 0 aromatic rings. The molecule has 0 saturated carbocycles. The summed E-state index contributed by atoms with van der Waals surface area (Å²) < 4.78 is 19.8. The number of carbonyl (C=O) groups excluding carboxylic acids is 1. The van der Waals surface area contributed by atoms with Crippen LogP contribution >= 0.6 is 7.60 Å². The standard InChI is InChI=1S/C6H13O6P/c1-4-6(12-3,5(7)11-2)13(8,9)10/h4H2,1-3H3,(H2,8,9,10). The fourth-order valence-electron chi connectivity index (χ4n) is 0.975. The molecule has 1 unspecified atom stereocenters. The molecule has 2 N–H and O–H groups in total. The van der Waals surface area contributed by atoms with Crippen molar-refractivity contribution in [3.05, 3.63) is 0 Å². The number of hydrogen-bond donors (Lipinski definition) is 2. The quantitative estimate of drug-likeness (QED) is 0.506. The lowest BCUT2D eigenvalue weighted by molar-refractivity contribution is -0.158. The Kier molecular flexibility index (Phi) is 4.06. The summed E-state index contributed by atoms with van der Waals surface area (Å²) in [5.74, 6) is -1.06. The highest BCUT2D eigenvalue weighted by Gasteiger charge is 2.54. The van der Waals surface area contributed by atoms with Gasteiger partial charge in [-0.2, -0.15) is 0 Å². The van der Waals surface area contributed by atoms with Crippen LogP contribution in [-0.2, 0) is 18.8 Å².